The molecule has 23 heavy (non-hydrogen) atoms. The van der Waals surface area contributed by atoms with Gasteiger partial charge in [0.1, 0.15) is 0 Å². The Kier molecular flexibility index (Phi) is 5.69. The normalized spacial score (nSPS) is 21.8. The second kappa shape index (κ2) is 7.35. The number of likely N-dealkylation sites (tertiary alicyclic amines) is 1. The molecule has 4 heteroatoms. The first kappa shape index (κ1) is 17.8. The summed E-state index contributed by atoms with van der Waals surface area (Å²) in [5, 5.41) is 13.1. The molecular weight excluding hydrogens is 288 g/mol. The average Bonchev–Trinajstić information content (AvgIpc) is 2.49. The Morgan fingerprint density at radius 2 is 1.78 bits per heavy atom. The molecule has 2 N–H and O–H groups in total. The zero-order valence-corrected chi connectivity index (χ0v) is 15.0. The highest BCUT2D eigenvalue weighted by atomic mass is 16.3. The standard InChI is InChI=1S/C19H30N2O2/c1-12(2)15-7-6-8-16(13(3)4)18(15)20-19(23)21-10-9-14(5)17(22)11-21/h6-8,12-14,17,22H,9-11H2,1-5H3,(H,20,23). The molecule has 128 valence electrons. The van der Waals surface area contributed by atoms with Gasteiger partial charge in [0.25, 0.3) is 0 Å². The largest absolute Gasteiger partial charge is 0.391 e. The van der Waals surface area contributed by atoms with Gasteiger partial charge in [-0.05, 0) is 35.3 Å². The summed E-state index contributed by atoms with van der Waals surface area (Å²) < 4.78 is 0. The molecule has 1 heterocycles. The summed E-state index contributed by atoms with van der Waals surface area (Å²) in [4.78, 5) is 14.4. The molecule has 1 aliphatic heterocycles. The Labute approximate surface area is 139 Å². The van der Waals surface area contributed by atoms with Crippen molar-refractivity contribution in [1.82, 2.24) is 4.90 Å². The molecule has 1 fully saturated rings. The predicted molar refractivity (Wildman–Crippen MR) is 95.0 cm³/mol. The minimum atomic E-state index is -0.431. The first-order valence-corrected chi connectivity index (χ1v) is 8.68. The van der Waals surface area contributed by atoms with Crippen molar-refractivity contribution in [2.45, 2.75) is 59.0 Å². The number of hydrogen-bond donors (Lipinski definition) is 2. The zero-order valence-electron chi connectivity index (χ0n) is 15.0. The van der Waals surface area contributed by atoms with Gasteiger partial charge >= 0.3 is 6.03 Å². The number of nitrogens with zero attached hydrogens (tertiary/aromatic N) is 1. The Morgan fingerprint density at radius 3 is 2.26 bits per heavy atom. The quantitative estimate of drug-likeness (QED) is 0.879. The second-order valence-electron chi connectivity index (χ2n) is 7.33. The summed E-state index contributed by atoms with van der Waals surface area (Å²) >= 11 is 0. The number of urea groups is 1. The number of β-amino-alcohol motifs (C(OH)–C–C–N with tert-alkyl or cyclic N) is 1. The van der Waals surface area contributed by atoms with Gasteiger partial charge in [0.05, 0.1) is 6.10 Å². The first-order chi connectivity index (χ1) is 10.8. The maximum absolute atomic E-state index is 12.7. The summed E-state index contributed by atoms with van der Waals surface area (Å²) in [6.45, 7) is 11.7. The van der Waals surface area contributed by atoms with Gasteiger partial charge in [-0.1, -0.05) is 52.8 Å². The van der Waals surface area contributed by atoms with Gasteiger partial charge in [0.2, 0.25) is 0 Å². The molecule has 2 amide bonds. The van der Waals surface area contributed by atoms with Crippen LogP contribution in [0.2, 0.25) is 0 Å². The third-order valence-electron chi connectivity index (χ3n) is 4.81. The van der Waals surface area contributed by atoms with E-state index in [1.807, 2.05) is 6.92 Å². The SMILES string of the molecule is CC(C)c1cccc(C(C)C)c1NC(=O)N1CCC(C)C(O)C1. The molecular formula is C19H30N2O2. The van der Waals surface area contributed by atoms with E-state index in [2.05, 4.69) is 51.2 Å². The Balaban J connectivity index is 2.23. The molecule has 0 saturated carbocycles. The summed E-state index contributed by atoms with van der Waals surface area (Å²) in [5.41, 5.74) is 3.27. The van der Waals surface area contributed by atoms with Crippen LogP contribution >= 0.6 is 0 Å². The fourth-order valence-corrected chi connectivity index (χ4v) is 3.11. The second-order valence-corrected chi connectivity index (χ2v) is 7.33. The molecule has 0 bridgehead atoms. The van der Waals surface area contributed by atoms with Crippen molar-refractivity contribution in [3.63, 3.8) is 0 Å². The van der Waals surface area contributed by atoms with Crippen molar-refractivity contribution in [2.75, 3.05) is 18.4 Å². The van der Waals surface area contributed by atoms with Gasteiger partial charge < -0.3 is 15.3 Å². The lowest BCUT2D eigenvalue weighted by atomic mass is 9.92. The summed E-state index contributed by atoms with van der Waals surface area (Å²) in [6.07, 6.45) is 0.414. The molecule has 1 aliphatic rings. The van der Waals surface area contributed by atoms with Gasteiger partial charge in [-0.2, -0.15) is 0 Å². The molecule has 1 aromatic carbocycles. The molecule has 0 aromatic heterocycles. The summed E-state index contributed by atoms with van der Waals surface area (Å²) in [5.74, 6) is 0.945. The van der Waals surface area contributed by atoms with Gasteiger partial charge in [-0.25, -0.2) is 4.79 Å². The number of piperidine rings is 1. The molecule has 0 aliphatic carbocycles. The number of aliphatic hydroxyl groups excluding tert-OH is 1. The summed E-state index contributed by atoms with van der Waals surface area (Å²) in [7, 11) is 0. The zero-order chi connectivity index (χ0) is 17.1. The van der Waals surface area contributed by atoms with E-state index < -0.39 is 6.10 Å². The highest BCUT2D eigenvalue weighted by molar-refractivity contribution is 5.91. The molecule has 1 aromatic rings. The maximum atomic E-state index is 12.7. The molecule has 2 atom stereocenters. The van der Waals surface area contributed by atoms with Crippen molar-refractivity contribution < 1.29 is 9.90 Å². The van der Waals surface area contributed by atoms with Crippen LogP contribution in [0.1, 0.15) is 64.0 Å². The van der Waals surface area contributed by atoms with E-state index >= 15 is 0 Å². The molecule has 0 spiro atoms. The smallest absolute Gasteiger partial charge is 0.321 e. The summed E-state index contributed by atoms with van der Waals surface area (Å²) in [6, 6.07) is 6.12. The van der Waals surface area contributed by atoms with Crippen LogP contribution in [0.3, 0.4) is 0 Å². The van der Waals surface area contributed by atoms with Crippen molar-refractivity contribution in [3.05, 3.63) is 29.3 Å². The molecule has 2 unspecified atom stereocenters. The number of amides is 2. The van der Waals surface area contributed by atoms with E-state index in [0.29, 0.717) is 24.9 Å². The average molecular weight is 318 g/mol. The van der Waals surface area contributed by atoms with Crippen molar-refractivity contribution >= 4 is 11.7 Å². The lowest BCUT2D eigenvalue weighted by Crippen LogP contribution is -2.47. The molecule has 1 saturated heterocycles. The van der Waals surface area contributed by atoms with E-state index in [0.717, 1.165) is 23.2 Å². The molecule has 2 rings (SSSR count). The number of carbonyl (C=O) groups excluding carboxylic acids is 1. The van der Waals surface area contributed by atoms with Crippen LogP contribution < -0.4 is 5.32 Å². The van der Waals surface area contributed by atoms with Crippen LogP contribution in [-0.4, -0.2) is 35.2 Å². The van der Waals surface area contributed by atoms with Crippen LogP contribution in [0.4, 0.5) is 10.5 Å². The number of nitrogens with one attached hydrogen (secondary N) is 1. The van der Waals surface area contributed by atoms with Crippen molar-refractivity contribution in [1.29, 1.82) is 0 Å². The number of para-hydroxylation sites is 1. The highest BCUT2D eigenvalue weighted by Gasteiger charge is 2.28. The van der Waals surface area contributed by atoms with E-state index in [9.17, 15) is 9.90 Å². The number of rotatable bonds is 3. The van der Waals surface area contributed by atoms with Crippen molar-refractivity contribution in [2.24, 2.45) is 5.92 Å². The van der Waals surface area contributed by atoms with Crippen LogP contribution in [0, 0.1) is 5.92 Å². The number of benzene rings is 1. The topological polar surface area (TPSA) is 52.6 Å². The lowest BCUT2D eigenvalue weighted by molar-refractivity contribution is 0.0463. The van der Waals surface area contributed by atoms with Crippen LogP contribution in [-0.2, 0) is 0 Å². The van der Waals surface area contributed by atoms with E-state index in [4.69, 9.17) is 0 Å². The Morgan fingerprint density at radius 1 is 1.22 bits per heavy atom. The van der Waals surface area contributed by atoms with Crippen LogP contribution in [0.5, 0.6) is 0 Å². The Bertz CT molecular complexity index is 528. The minimum Gasteiger partial charge on any atom is -0.391 e. The van der Waals surface area contributed by atoms with Crippen LogP contribution in [0.15, 0.2) is 18.2 Å². The predicted octanol–water partition coefficient (Wildman–Crippen LogP) is 4.17. The highest BCUT2D eigenvalue weighted by Crippen LogP contribution is 2.32. The van der Waals surface area contributed by atoms with E-state index in [1.54, 1.807) is 4.90 Å². The minimum absolute atomic E-state index is 0.106. The fraction of sp³-hybridized carbons (Fsp3) is 0.632. The fourth-order valence-electron chi connectivity index (χ4n) is 3.11. The van der Waals surface area contributed by atoms with Gasteiger partial charge in [-0.3, -0.25) is 0 Å². The van der Waals surface area contributed by atoms with Gasteiger partial charge in [0.15, 0.2) is 0 Å². The first-order valence-electron chi connectivity index (χ1n) is 8.68. The third-order valence-corrected chi connectivity index (χ3v) is 4.81. The molecule has 4 nitrogen and oxygen atoms in total. The lowest BCUT2D eigenvalue weighted by Gasteiger charge is -2.34. The number of hydrogen-bond acceptors (Lipinski definition) is 2. The van der Waals surface area contributed by atoms with Gasteiger partial charge in [-0.15, -0.1) is 0 Å². The van der Waals surface area contributed by atoms with E-state index in [-0.39, 0.29) is 11.9 Å². The number of carbonyl (C=O) groups is 1. The van der Waals surface area contributed by atoms with E-state index in [1.165, 1.54) is 0 Å². The number of anilines is 1. The maximum Gasteiger partial charge on any atom is 0.321 e. The van der Waals surface area contributed by atoms with Gasteiger partial charge in [0, 0.05) is 18.8 Å². The number of aliphatic hydroxyl groups is 1. The van der Waals surface area contributed by atoms with Crippen molar-refractivity contribution in [3.8, 4) is 0 Å². The monoisotopic (exact) mass is 318 g/mol. The van der Waals surface area contributed by atoms with Crippen LogP contribution in [0.25, 0.3) is 0 Å². The Hall–Kier alpha value is -1.55. The third kappa shape index (κ3) is 4.05. The molecule has 0 radical (unpaired) electrons.